The molecule has 0 aliphatic rings. The van der Waals surface area contributed by atoms with Crippen LogP contribution in [0, 0.1) is 6.92 Å². The molecular weight excluding hydrogens is 348 g/mol. The zero-order valence-electron chi connectivity index (χ0n) is 13.1. The van der Waals surface area contributed by atoms with Crippen molar-refractivity contribution in [3.05, 3.63) is 59.9 Å². The van der Waals surface area contributed by atoms with Crippen molar-refractivity contribution >= 4 is 23.4 Å². The minimum absolute atomic E-state index is 0.313. The van der Waals surface area contributed by atoms with E-state index >= 15 is 0 Å². The summed E-state index contributed by atoms with van der Waals surface area (Å²) in [5.41, 5.74) is 2.30. The van der Waals surface area contributed by atoms with Crippen LogP contribution in [0.25, 0.3) is 5.69 Å². The van der Waals surface area contributed by atoms with Gasteiger partial charge in [-0.25, -0.2) is 4.68 Å². The van der Waals surface area contributed by atoms with Gasteiger partial charge in [0.2, 0.25) is 0 Å². The highest BCUT2D eigenvalue weighted by Gasteiger charge is 2.14. The first-order valence-electron chi connectivity index (χ1n) is 7.24. The van der Waals surface area contributed by atoms with Crippen LogP contribution >= 0.6 is 11.8 Å². The Labute approximate surface area is 146 Å². The molecular formula is C16H13F2N5OS. The van der Waals surface area contributed by atoms with Gasteiger partial charge in [-0.3, -0.25) is 4.79 Å². The largest absolute Gasteiger partial charge is 0.321 e. The molecule has 0 bridgehead atoms. The van der Waals surface area contributed by atoms with Crippen LogP contribution in [0.2, 0.25) is 0 Å². The number of carbonyl (C=O) groups is 1. The van der Waals surface area contributed by atoms with Crippen molar-refractivity contribution in [3.63, 3.8) is 0 Å². The van der Waals surface area contributed by atoms with Crippen LogP contribution in [0.5, 0.6) is 0 Å². The number of anilines is 1. The molecule has 3 rings (SSSR count). The number of benzene rings is 2. The van der Waals surface area contributed by atoms with Gasteiger partial charge in [-0.1, -0.05) is 23.9 Å². The minimum Gasteiger partial charge on any atom is -0.321 e. The number of nitrogens with one attached hydrogen (secondary N) is 1. The fourth-order valence-corrected chi connectivity index (χ4v) is 2.88. The Morgan fingerprint density at radius 3 is 2.72 bits per heavy atom. The Morgan fingerprint density at radius 1 is 1.24 bits per heavy atom. The Morgan fingerprint density at radius 2 is 2.04 bits per heavy atom. The third kappa shape index (κ3) is 4.00. The van der Waals surface area contributed by atoms with E-state index in [2.05, 4.69) is 20.8 Å². The van der Waals surface area contributed by atoms with Crippen molar-refractivity contribution in [3.8, 4) is 5.69 Å². The summed E-state index contributed by atoms with van der Waals surface area (Å²) >= 11 is 0.393. The van der Waals surface area contributed by atoms with Crippen LogP contribution in [0.1, 0.15) is 15.9 Å². The van der Waals surface area contributed by atoms with Crippen molar-refractivity contribution < 1.29 is 13.6 Å². The van der Waals surface area contributed by atoms with Gasteiger partial charge in [0.25, 0.3) is 11.7 Å². The van der Waals surface area contributed by atoms with Crippen LogP contribution in [0.15, 0.2) is 53.7 Å². The summed E-state index contributed by atoms with van der Waals surface area (Å²) in [4.78, 5) is 12.8. The maximum atomic E-state index is 12.6. The van der Waals surface area contributed by atoms with Crippen LogP contribution < -0.4 is 5.32 Å². The van der Waals surface area contributed by atoms with Crippen LogP contribution in [0.3, 0.4) is 0 Å². The lowest BCUT2D eigenvalue weighted by Gasteiger charge is -2.11. The number of aryl methyl sites for hydroxylation is 1. The standard InChI is InChI=1S/C16H13F2N5OS/c1-10-8-11(6-7-13(10)23-9-19-21-22-23)15(24)20-12-4-2-3-5-14(12)25-16(17)18/h2-9,16H,1H3,(H,20,24). The molecule has 3 aromatic rings. The Bertz CT molecular complexity index is 886. The lowest BCUT2D eigenvalue weighted by atomic mass is 10.1. The molecule has 128 valence electrons. The predicted octanol–water partition coefficient (Wildman–Crippen LogP) is 3.54. The van der Waals surface area contributed by atoms with Gasteiger partial charge in [0, 0.05) is 10.5 Å². The van der Waals surface area contributed by atoms with Gasteiger partial charge < -0.3 is 5.32 Å². The first-order valence-corrected chi connectivity index (χ1v) is 8.12. The number of hydrogen-bond donors (Lipinski definition) is 1. The lowest BCUT2D eigenvalue weighted by molar-refractivity contribution is 0.102. The van der Waals surface area contributed by atoms with Gasteiger partial charge in [-0.05, 0) is 53.2 Å². The molecule has 9 heteroatoms. The van der Waals surface area contributed by atoms with Crippen molar-refractivity contribution in [2.45, 2.75) is 17.6 Å². The molecule has 1 amide bonds. The van der Waals surface area contributed by atoms with Crippen molar-refractivity contribution in [2.24, 2.45) is 0 Å². The highest BCUT2D eigenvalue weighted by Crippen LogP contribution is 2.31. The van der Waals surface area contributed by atoms with Gasteiger partial charge in [0.1, 0.15) is 6.33 Å². The third-order valence-electron chi connectivity index (χ3n) is 3.41. The number of halogens is 2. The number of para-hydroxylation sites is 1. The van der Waals surface area contributed by atoms with E-state index in [9.17, 15) is 13.6 Å². The first kappa shape index (κ1) is 17.0. The molecule has 1 aromatic heterocycles. The fraction of sp³-hybridized carbons (Fsp3) is 0.125. The zero-order chi connectivity index (χ0) is 17.8. The van der Waals surface area contributed by atoms with Gasteiger partial charge in [0.15, 0.2) is 0 Å². The van der Waals surface area contributed by atoms with Gasteiger partial charge in [-0.2, -0.15) is 8.78 Å². The van der Waals surface area contributed by atoms with Gasteiger partial charge in [0.05, 0.1) is 11.4 Å². The summed E-state index contributed by atoms with van der Waals surface area (Å²) in [5, 5.41) is 13.6. The van der Waals surface area contributed by atoms with Crippen LogP contribution in [-0.4, -0.2) is 31.9 Å². The maximum Gasteiger partial charge on any atom is 0.288 e. The number of thioether (sulfide) groups is 1. The molecule has 2 aromatic carbocycles. The second-order valence-corrected chi connectivity index (χ2v) is 6.12. The van der Waals surface area contributed by atoms with Crippen molar-refractivity contribution in [1.82, 2.24) is 20.2 Å². The van der Waals surface area contributed by atoms with E-state index in [-0.39, 0.29) is 5.91 Å². The molecule has 0 saturated heterocycles. The smallest absolute Gasteiger partial charge is 0.288 e. The zero-order valence-corrected chi connectivity index (χ0v) is 13.9. The molecule has 0 aliphatic carbocycles. The van der Waals surface area contributed by atoms with Gasteiger partial charge >= 0.3 is 0 Å². The quantitative estimate of drug-likeness (QED) is 0.704. The average Bonchev–Trinajstić information content (AvgIpc) is 3.10. The highest BCUT2D eigenvalue weighted by molar-refractivity contribution is 7.99. The van der Waals surface area contributed by atoms with Crippen molar-refractivity contribution in [1.29, 1.82) is 0 Å². The lowest BCUT2D eigenvalue weighted by Crippen LogP contribution is -2.13. The number of tetrazole rings is 1. The first-order chi connectivity index (χ1) is 12.0. The molecule has 1 N–H and O–H groups in total. The topological polar surface area (TPSA) is 72.7 Å². The monoisotopic (exact) mass is 361 g/mol. The van der Waals surface area contributed by atoms with E-state index in [1.165, 1.54) is 11.0 Å². The van der Waals surface area contributed by atoms with Crippen molar-refractivity contribution in [2.75, 3.05) is 5.32 Å². The summed E-state index contributed by atoms with van der Waals surface area (Å²) in [6, 6.07) is 11.5. The fourth-order valence-electron chi connectivity index (χ4n) is 2.29. The van der Waals surface area contributed by atoms with Crippen LogP contribution in [0.4, 0.5) is 14.5 Å². The van der Waals surface area contributed by atoms with Gasteiger partial charge in [-0.15, -0.1) is 5.10 Å². The van der Waals surface area contributed by atoms with E-state index < -0.39 is 5.76 Å². The predicted molar refractivity (Wildman–Crippen MR) is 90.1 cm³/mol. The molecule has 1 heterocycles. The Balaban J connectivity index is 1.82. The summed E-state index contributed by atoms with van der Waals surface area (Å²) in [7, 11) is 0. The number of alkyl halides is 2. The summed E-state index contributed by atoms with van der Waals surface area (Å²) in [6.45, 7) is 1.83. The number of hydrogen-bond acceptors (Lipinski definition) is 5. The second kappa shape index (κ2) is 7.39. The second-order valence-electron chi connectivity index (χ2n) is 5.08. The SMILES string of the molecule is Cc1cc(C(=O)Nc2ccccc2SC(F)F)ccc1-n1cnnn1. The molecule has 0 aliphatic heterocycles. The Kier molecular flexibility index (Phi) is 5.03. The molecule has 6 nitrogen and oxygen atoms in total. The van der Waals surface area contributed by atoms with E-state index in [0.717, 1.165) is 11.3 Å². The number of carbonyl (C=O) groups excluding carboxylic acids is 1. The van der Waals surface area contributed by atoms with E-state index in [1.807, 2.05) is 6.92 Å². The summed E-state index contributed by atoms with van der Waals surface area (Å²) < 4.78 is 26.7. The highest BCUT2D eigenvalue weighted by atomic mass is 32.2. The molecule has 0 spiro atoms. The van der Waals surface area contributed by atoms with Crippen LogP contribution in [-0.2, 0) is 0 Å². The molecule has 0 saturated carbocycles. The van der Waals surface area contributed by atoms with E-state index in [1.54, 1.807) is 42.5 Å². The number of amides is 1. The summed E-state index contributed by atoms with van der Waals surface area (Å²) in [5.74, 6) is -2.94. The molecule has 0 atom stereocenters. The average molecular weight is 361 g/mol. The van der Waals surface area contributed by atoms with E-state index in [4.69, 9.17) is 0 Å². The molecule has 0 unspecified atom stereocenters. The number of rotatable bonds is 5. The molecule has 25 heavy (non-hydrogen) atoms. The third-order valence-corrected chi connectivity index (χ3v) is 4.19. The maximum absolute atomic E-state index is 12.6. The van der Waals surface area contributed by atoms with E-state index in [0.29, 0.717) is 27.9 Å². The number of nitrogens with zero attached hydrogens (tertiary/aromatic N) is 4. The molecule has 0 fully saturated rings. The normalized spacial score (nSPS) is 10.9. The Hall–Kier alpha value is -2.81. The molecule has 0 radical (unpaired) electrons. The number of aromatic nitrogens is 4. The minimum atomic E-state index is -2.56. The summed E-state index contributed by atoms with van der Waals surface area (Å²) in [6.07, 6.45) is 1.46.